The lowest BCUT2D eigenvalue weighted by Crippen LogP contribution is -2.43. The molecule has 1 saturated heterocycles. The van der Waals surface area contributed by atoms with E-state index in [0.717, 1.165) is 19.3 Å². The summed E-state index contributed by atoms with van der Waals surface area (Å²) in [7, 11) is -3.44. The van der Waals surface area contributed by atoms with Crippen molar-refractivity contribution in [2.45, 2.75) is 43.5 Å². The first-order valence-electron chi connectivity index (χ1n) is 6.15. The van der Waals surface area contributed by atoms with Gasteiger partial charge in [0.25, 0.3) is 0 Å². The van der Waals surface area contributed by atoms with Crippen LogP contribution in [0.2, 0.25) is 0 Å². The predicted molar refractivity (Wildman–Crippen MR) is 70.2 cm³/mol. The summed E-state index contributed by atoms with van der Waals surface area (Å²) in [6, 6.07) is 0.0237. The molecule has 18 heavy (non-hydrogen) atoms. The summed E-state index contributed by atoms with van der Waals surface area (Å²) in [5.74, 6) is 0.487. The van der Waals surface area contributed by atoms with Crippen molar-refractivity contribution in [2.75, 3.05) is 12.4 Å². The number of H-pyrrole nitrogens is 1. The van der Waals surface area contributed by atoms with Gasteiger partial charge in [-0.15, -0.1) is 11.6 Å². The number of piperidine rings is 1. The van der Waals surface area contributed by atoms with E-state index in [0.29, 0.717) is 24.5 Å². The summed E-state index contributed by atoms with van der Waals surface area (Å²) in [6.07, 6.45) is 4.96. The van der Waals surface area contributed by atoms with Crippen molar-refractivity contribution in [3.05, 3.63) is 11.9 Å². The lowest BCUT2D eigenvalue weighted by molar-refractivity contribution is 0.247. The Kier molecular flexibility index (Phi) is 4.29. The van der Waals surface area contributed by atoms with Crippen LogP contribution in [0, 0.1) is 6.92 Å². The maximum Gasteiger partial charge on any atom is 0.246 e. The fraction of sp³-hybridized carbons (Fsp3) is 0.727. The Morgan fingerprint density at radius 3 is 2.94 bits per heavy atom. The zero-order chi connectivity index (χ0) is 13.2. The van der Waals surface area contributed by atoms with Gasteiger partial charge in [0.1, 0.15) is 4.90 Å². The molecule has 1 N–H and O–H groups in total. The SMILES string of the molecule is Cc1[nH]ncc1S(=O)(=O)N1CCCCC1CCCl. The molecule has 2 rings (SSSR count). The van der Waals surface area contributed by atoms with Gasteiger partial charge in [-0.25, -0.2) is 8.42 Å². The minimum atomic E-state index is -3.44. The van der Waals surface area contributed by atoms with Crippen LogP contribution in [-0.2, 0) is 10.0 Å². The number of alkyl halides is 1. The summed E-state index contributed by atoms with van der Waals surface area (Å²) in [5.41, 5.74) is 0.588. The van der Waals surface area contributed by atoms with E-state index in [1.54, 1.807) is 11.2 Å². The highest BCUT2D eigenvalue weighted by Gasteiger charge is 2.34. The molecule has 1 unspecified atom stereocenters. The number of hydrogen-bond donors (Lipinski definition) is 1. The molecule has 1 aromatic heterocycles. The number of hydrogen-bond acceptors (Lipinski definition) is 3. The van der Waals surface area contributed by atoms with Crippen LogP contribution in [0.25, 0.3) is 0 Å². The third-order valence-electron chi connectivity index (χ3n) is 3.39. The van der Waals surface area contributed by atoms with E-state index >= 15 is 0 Å². The highest BCUT2D eigenvalue weighted by molar-refractivity contribution is 7.89. The molecular weight excluding hydrogens is 274 g/mol. The fourth-order valence-electron chi connectivity index (χ4n) is 2.43. The zero-order valence-electron chi connectivity index (χ0n) is 10.4. The van der Waals surface area contributed by atoms with Crippen molar-refractivity contribution >= 4 is 21.6 Å². The van der Waals surface area contributed by atoms with Crippen LogP contribution in [0.15, 0.2) is 11.1 Å². The quantitative estimate of drug-likeness (QED) is 0.862. The third-order valence-corrected chi connectivity index (χ3v) is 5.67. The van der Waals surface area contributed by atoms with Crippen molar-refractivity contribution in [1.29, 1.82) is 0 Å². The number of nitrogens with zero attached hydrogens (tertiary/aromatic N) is 2. The van der Waals surface area contributed by atoms with E-state index in [1.165, 1.54) is 6.20 Å². The minimum Gasteiger partial charge on any atom is -0.281 e. The van der Waals surface area contributed by atoms with Gasteiger partial charge in [0.05, 0.1) is 11.9 Å². The summed E-state index contributed by atoms with van der Waals surface area (Å²) < 4.78 is 26.7. The van der Waals surface area contributed by atoms with E-state index in [-0.39, 0.29) is 10.9 Å². The number of aromatic amines is 1. The second-order valence-electron chi connectivity index (χ2n) is 4.60. The van der Waals surface area contributed by atoms with Crippen molar-refractivity contribution in [3.63, 3.8) is 0 Å². The molecule has 0 aromatic carbocycles. The van der Waals surface area contributed by atoms with Gasteiger partial charge in [-0.3, -0.25) is 5.10 Å². The molecular formula is C11H18ClN3O2S. The van der Waals surface area contributed by atoms with Gasteiger partial charge >= 0.3 is 0 Å². The standard InChI is InChI=1S/C11H18ClN3O2S/c1-9-11(8-13-14-9)18(16,17)15-7-3-2-4-10(15)5-6-12/h8,10H,2-7H2,1H3,(H,13,14). The van der Waals surface area contributed by atoms with Crippen LogP contribution in [0.5, 0.6) is 0 Å². The Balaban J connectivity index is 2.30. The van der Waals surface area contributed by atoms with Crippen LogP contribution in [0.1, 0.15) is 31.4 Å². The first-order valence-corrected chi connectivity index (χ1v) is 8.12. The van der Waals surface area contributed by atoms with Gasteiger partial charge in [-0.05, 0) is 26.2 Å². The first kappa shape index (κ1) is 13.8. The molecule has 1 aliphatic rings. The number of aromatic nitrogens is 2. The smallest absolute Gasteiger partial charge is 0.246 e. The molecule has 5 nitrogen and oxygen atoms in total. The first-order chi connectivity index (χ1) is 8.57. The average Bonchev–Trinajstić information content (AvgIpc) is 2.77. The van der Waals surface area contributed by atoms with E-state index in [1.807, 2.05) is 0 Å². The Hall–Kier alpha value is -0.590. The Bertz CT molecular complexity index is 498. The number of aryl methyl sites for hydroxylation is 1. The molecule has 0 bridgehead atoms. The van der Waals surface area contributed by atoms with E-state index in [2.05, 4.69) is 10.2 Å². The molecule has 7 heteroatoms. The van der Waals surface area contributed by atoms with E-state index in [9.17, 15) is 8.42 Å². The third kappa shape index (κ3) is 2.55. The highest BCUT2D eigenvalue weighted by atomic mass is 35.5. The number of nitrogens with one attached hydrogen (secondary N) is 1. The van der Waals surface area contributed by atoms with Gasteiger partial charge in [-0.1, -0.05) is 6.42 Å². The lowest BCUT2D eigenvalue weighted by Gasteiger charge is -2.34. The molecule has 102 valence electrons. The van der Waals surface area contributed by atoms with Crippen LogP contribution in [0.3, 0.4) is 0 Å². The molecule has 0 radical (unpaired) electrons. The lowest BCUT2D eigenvalue weighted by atomic mass is 10.0. The maximum absolute atomic E-state index is 12.6. The topological polar surface area (TPSA) is 66.1 Å². The maximum atomic E-state index is 12.6. The number of sulfonamides is 1. The van der Waals surface area contributed by atoms with Crippen LogP contribution in [-0.4, -0.2) is 41.4 Å². The minimum absolute atomic E-state index is 0.0237. The Morgan fingerprint density at radius 2 is 2.33 bits per heavy atom. The zero-order valence-corrected chi connectivity index (χ0v) is 12.0. The fourth-order valence-corrected chi connectivity index (χ4v) is 4.53. The molecule has 0 aliphatic carbocycles. The van der Waals surface area contributed by atoms with Crippen molar-refractivity contribution < 1.29 is 8.42 Å². The van der Waals surface area contributed by atoms with Crippen molar-refractivity contribution in [3.8, 4) is 0 Å². The van der Waals surface area contributed by atoms with Crippen LogP contribution in [0.4, 0.5) is 0 Å². The largest absolute Gasteiger partial charge is 0.281 e. The van der Waals surface area contributed by atoms with Crippen molar-refractivity contribution in [2.24, 2.45) is 0 Å². The van der Waals surface area contributed by atoms with Gasteiger partial charge in [0.2, 0.25) is 10.0 Å². The second-order valence-corrected chi connectivity index (χ2v) is 6.84. The highest BCUT2D eigenvalue weighted by Crippen LogP contribution is 2.27. The van der Waals surface area contributed by atoms with E-state index < -0.39 is 10.0 Å². The molecule has 0 saturated carbocycles. The molecule has 1 aromatic rings. The monoisotopic (exact) mass is 291 g/mol. The van der Waals surface area contributed by atoms with Crippen LogP contribution >= 0.6 is 11.6 Å². The summed E-state index contributed by atoms with van der Waals surface area (Å²) in [5, 5.41) is 6.48. The predicted octanol–water partition coefficient (Wildman–Crippen LogP) is 1.89. The normalized spacial score (nSPS) is 22.2. The van der Waals surface area contributed by atoms with Gasteiger partial charge in [0, 0.05) is 18.5 Å². The van der Waals surface area contributed by atoms with Crippen LogP contribution < -0.4 is 0 Å². The van der Waals surface area contributed by atoms with Gasteiger partial charge in [-0.2, -0.15) is 9.40 Å². The van der Waals surface area contributed by atoms with E-state index in [4.69, 9.17) is 11.6 Å². The second kappa shape index (κ2) is 5.59. The Labute approximate surface area is 113 Å². The molecule has 1 fully saturated rings. The number of halogens is 1. The van der Waals surface area contributed by atoms with Gasteiger partial charge in [0.15, 0.2) is 0 Å². The molecule has 1 atom stereocenters. The molecule has 0 spiro atoms. The van der Waals surface area contributed by atoms with Gasteiger partial charge < -0.3 is 0 Å². The summed E-state index contributed by atoms with van der Waals surface area (Å²) in [6.45, 7) is 2.30. The average molecular weight is 292 g/mol. The molecule has 1 aliphatic heterocycles. The summed E-state index contributed by atoms with van der Waals surface area (Å²) in [4.78, 5) is 0.281. The summed E-state index contributed by atoms with van der Waals surface area (Å²) >= 11 is 5.77. The Morgan fingerprint density at radius 1 is 1.56 bits per heavy atom. The van der Waals surface area contributed by atoms with Crippen molar-refractivity contribution in [1.82, 2.24) is 14.5 Å². The molecule has 2 heterocycles. The molecule has 0 amide bonds. The number of rotatable bonds is 4.